The molecule has 0 N–H and O–H groups in total. The van der Waals surface area contributed by atoms with E-state index >= 15 is 0 Å². The molecule has 3 rings (SSSR count). The molecule has 1 aromatic rings. The zero-order valence-corrected chi connectivity index (χ0v) is 16.2. The summed E-state index contributed by atoms with van der Waals surface area (Å²) in [7, 11) is 1.24. The summed E-state index contributed by atoms with van der Waals surface area (Å²) in [5, 5.41) is 0. The van der Waals surface area contributed by atoms with Gasteiger partial charge in [0.05, 0.1) is 24.4 Å². The van der Waals surface area contributed by atoms with Crippen LogP contribution >= 0.6 is 0 Å². The molecule has 0 bridgehead atoms. The topological polar surface area (TPSA) is 30.9 Å². The maximum absolute atomic E-state index is 14.1. The van der Waals surface area contributed by atoms with E-state index in [1.165, 1.54) is 0 Å². The van der Waals surface area contributed by atoms with Crippen LogP contribution in [-0.4, -0.2) is 55.4 Å². The van der Waals surface area contributed by atoms with Crippen LogP contribution in [0.3, 0.4) is 0 Å². The summed E-state index contributed by atoms with van der Waals surface area (Å²) in [6, 6.07) is 7.60. The van der Waals surface area contributed by atoms with Crippen molar-refractivity contribution < 1.29 is 22.8 Å². The first kappa shape index (κ1) is 19.7. The Morgan fingerprint density at radius 2 is 1.85 bits per heavy atom. The molecule has 4 nitrogen and oxygen atoms in total. The normalized spacial score (nSPS) is 27.7. The van der Waals surface area contributed by atoms with Crippen LogP contribution in [0.25, 0.3) is 0 Å². The van der Waals surface area contributed by atoms with E-state index < -0.39 is 30.3 Å². The molecule has 26 heavy (non-hydrogen) atoms. The molecule has 0 radical (unpaired) electrons. The number of halogens is 2. The van der Waals surface area contributed by atoms with Gasteiger partial charge in [0.2, 0.25) is 0 Å². The van der Waals surface area contributed by atoms with E-state index in [-0.39, 0.29) is 13.2 Å². The van der Waals surface area contributed by atoms with Gasteiger partial charge in [-0.25, -0.2) is 8.78 Å². The number of piperidine rings is 1. The van der Waals surface area contributed by atoms with Crippen LogP contribution in [0.4, 0.5) is 8.78 Å². The fourth-order valence-electron chi connectivity index (χ4n) is 3.30. The van der Waals surface area contributed by atoms with Crippen molar-refractivity contribution in [3.63, 3.8) is 0 Å². The minimum atomic E-state index is -2.82. The van der Waals surface area contributed by atoms with Gasteiger partial charge in [-0.15, -0.1) is 0 Å². The smallest absolute Gasteiger partial charge is 0.399 e. The molecule has 144 valence electrons. The van der Waals surface area contributed by atoms with E-state index in [0.29, 0.717) is 13.0 Å². The second-order valence-corrected chi connectivity index (χ2v) is 8.42. The predicted molar refractivity (Wildman–Crippen MR) is 97.8 cm³/mol. The number of likely N-dealkylation sites (tertiary alicyclic amines) is 1. The Morgan fingerprint density at radius 3 is 2.46 bits per heavy atom. The fraction of sp³-hybridized carbons (Fsp3) is 0.684. The van der Waals surface area contributed by atoms with Gasteiger partial charge in [0.25, 0.3) is 5.92 Å². The van der Waals surface area contributed by atoms with Gasteiger partial charge in [0.1, 0.15) is 6.10 Å². The lowest BCUT2D eigenvalue weighted by Gasteiger charge is -2.36. The standard InChI is InChI=1S/C19H28BF2NO3/c1-17(2)18(3,4)26-20(25-17)15-8-6-7-14(11-15)12-24-16-9-10-23(5)13-19(16,21)22/h6-8,11,16H,9-10,12-13H2,1-5H3. The maximum Gasteiger partial charge on any atom is 0.494 e. The monoisotopic (exact) mass is 367 g/mol. The number of ether oxygens (including phenoxy) is 1. The lowest BCUT2D eigenvalue weighted by Crippen LogP contribution is -2.51. The van der Waals surface area contributed by atoms with Gasteiger partial charge < -0.3 is 18.9 Å². The van der Waals surface area contributed by atoms with Gasteiger partial charge in [0, 0.05) is 6.54 Å². The van der Waals surface area contributed by atoms with E-state index in [2.05, 4.69) is 0 Å². The van der Waals surface area contributed by atoms with Gasteiger partial charge in [0.15, 0.2) is 0 Å². The Hall–Kier alpha value is -1.02. The average Bonchev–Trinajstić information content (AvgIpc) is 2.74. The zero-order valence-electron chi connectivity index (χ0n) is 16.2. The molecular formula is C19H28BF2NO3. The van der Waals surface area contributed by atoms with E-state index in [1.54, 1.807) is 11.9 Å². The molecule has 0 spiro atoms. The number of hydrogen-bond donors (Lipinski definition) is 0. The van der Waals surface area contributed by atoms with Crippen molar-refractivity contribution >= 4 is 12.6 Å². The lowest BCUT2D eigenvalue weighted by molar-refractivity contribution is -0.174. The Kier molecular flexibility index (Phi) is 5.21. The summed E-state index contributed by atoms with van der Waals surface area (Å²) in [6.07, 6.45) is -0.709. The van der Waals surface area contributed by atoms with Crippen molar-refractivity contribution in [2.45, 2.75) is 64.0 Å². The third-order valence-corrected chi connectivity index (χ3v) is 5.65. The van der Waals surface area contributed by atoms with Crippen molar-refractivity contribution in [1.82, 2.24) is 4.90 Å². The van der Waals surface area contributed by atoms with Gasteiger partial charge in [-0.05, 0) is 52.2 Å². The molecule has 0 amide bonds. The van der Waals surface area contributed by atoms with E-state index in [0.717, 1.165) is 11.0 Å². The third-order valence-electron chi connectivity index (χ3n) is 5.65. The number of alkyl halides is 2. The molecule has 1 atom stereocenters. The molecule has 0 aliphatic carbocycles. The second kappa shape index (κ2) is 6.86. The highest BCUT2D eigenvalue weighted by Crippen LogP contribution is 2.36. The molecule has 2 saturated heterocycles. The minimum absolute atomic E-state index is 0.150. The molecule has 1 aromatic carbocycles. The average molecular weight is 367 g/mol. The van der Waals surface area contributed by atoms with E-state index in [1.807, 2.05) is 52.0 Å². The SMILES string of the molecule is CN1CCC(OCc2cccc(B3OC(C)(C)C(C)(C)O3)c2)C(F)(F)C1. The fourth-order valence-corrected chi connectivity index (χ4v) is 3.30. The summed E-state index contributed by atoms with van der Waals surface area (Å²) in [6.45, 7) is 8.52. The minimum Gasteiger partial charge on any atom is -0.399 e. The summed E-state index contributed by atoms with van der Waals surface area (Å²) in [5.41, 5.74) is 0.882. The maximum atomic E-state index is 14.1. The molecule has 2 heterocycles. The van der Waals surface area contributed by atoms with Crippen LogP contribution in [-0.2, 0) is 20.7 Å². The van der Waals surface area contributed by atoms with Crippen LogP contribution < -0.4 is 5.46 Å². The zero-order chi connectivity index (χ0) is 19.2. The van der Waals surface area contributed by atoms with Gasteiger partial charge in [-0.2, -0.15) is 0 Å². The first-order valence-corrected chi connectivity index (χ1v) is 9.13. The molecular weight excluding hydrogens is 339 g/mol. The van der Waals surface area contributed by atoms with Crippen molar-refractivity contribution in [3.8, 4) is 0 Å². The van der Waals surface area contributed by atoms with E-state index in [4.69, 9.17) is 14.0 Å². The van der Waals surface area contributed by atoms with E-state index in [9.17, 15) is 8.78 Å². The lowest BCUT2D eigenvalue weighted by atomic mass is 9.78. The van der Waals surface area contributed by atoms with Gasteiger partial charge in [-0.3, -0.25) is 0 Å². The first-order chi connectivity index (χ1) is 12.0. The number of nitrogens with zero attached hydrogens (tertiary/aromatic N) is 1. The van der Waals surface area contributed by atoms with Crippen molar-refractivity contribution in [1.29, 1.82) is 0 Å². The highest BCUT2D eigenvalue weighted by Gasteiger charge is 2.51. The summed E-state index contributed by atoms with van der Waals surface area (Å²) in [5.74, 6) is -2.82. The highest BCUT2D eigenvalue weighted by molar-refractivity contribution is 6.62. The van der Waals surface area contributed by atoms with Crippen LogP contribution in [0, 0.1) is 0 Å². The summed E-state index contributed by atoms with van der Waals surface area (Å²) < 4.78 is 45.9. The largest absolute Gasteiger partial charge is 0.494 e. The molecule has 0 aromatic heterocycles. The number of rotatable bonds is 4. The molecule has 7 heteroatoms. The molecule has 1 unspecified atom stereocenters. The van der Waals surface area contributed by atoms with Crippen LogP contribution in [0.1, 0.15) is 39.7 Å². The summed E-state index contributed by atoms with van der Waals surface area (Å²) in [4.78, 5) is 1.64. The van der Waals surface area contributed by atoms with Gasteiger partial charge in [-0.1, -0.05) is 24.3 Å². The van der Waals surface area contributed by atoms with Crippen LogP contribution in [0.15, 0.2) is 24.3 Å². The van der Waals surface area contributed by atoms with Crippen LogP contribution in [0.5, 0.6) is 0 Å². The van der Waals surface area contributed by atoms with Crippen molar-refractivity contribution in [2.75, 3.05) is 20.1 Å². The Balaban J connectivity index is 1.65. The molecule has 2 aliphatic heterocycles. The Labute approximate surface area is 154 Å². The number of benzene rings is 1. The highest BCUT2D eigenvalue weighted by atomic mass is 19.3. The Bertz CT molecular complexity index is 637. The molecule has 0 saturated carbocycles. The Morgan fingerprint density at radius 1 is 1.19 bits per heavy atom. The molecule has 2 fully saturated rings. The van der Waals surface area contributed by atoms with Crippen LogP contribution in [0.2, 0.25) is 0 Å². The second-order valence-electron chi connectivity index (χ2n) is 8.42. The van der Waals surface area contributed by atoms with Crippen molar-refractivity contribution in [2.24, 2.45) is 0 Å². The van der Waals surface area contributed by atoms with Crippen molar-refractivity contribution in [3.05, 3.63) is 29.8 Å². The first-order valence-electron chi connectivity index (χ1n) is 9.13. The predicted octanol–water partition coefficient (Wildman–Crippen LogP) is 2.84. The summed E-state index contributed by atoms with van der Waals surface area (Å²) >= 11 is 0. The van der Waals surface area contributed by atoms with Gasteiger partial charge >= 0.3 is 7.12 Å². The quantitative estimate of drug-likeness (QED) is 0.766. The third kappa shape index (κ3) is 3.96. The molecule has 2 aliphatic rings. The number of hydrogen-bond acceptors (Lipinski definition) is 4.